The van der Waals surface area contributed by atoms with Crippen LogP contribution in [0.1, 0.15) is 16.5 Å². The van der Waals surface area contributed by atoms with Gasteiger partial charge in [-0.2, -0.15) is 0 Å². The summed E-state index contributed by atoms with van der Waals surface area (Å²) in [6.07, 6.45) is 1.70. The molecule has 3 aromatic rings. The standard InChI is InChI=1S/C19H14F2N2OS/c20-15-5-3-6-16(21)14(15)10-23-18(24)11-25-19(23)13-8-9-22-17-7-2-1-4-12(13)17/h1-9,19H,10-11H2. The number of fused-ring (bicyclic) bond motifs is 1. The van der Waals surface area contributed by atoms with Crippen LogP contribution in [0.15, 0.2) is 54.7 Å². The summed E-state index contributed by atoms with van der Waals surface area (Å²) in [7, 11) is 0. The molecule has 6 heteroatoms. The van der Waals surface area contributed by atoms with Crippen molar-refractivity contribution < 1.29 is 13.6 Å². The molecule has 1 atom stereocenters. The highest BCUT2D eigenvalue weighted by Crippen LogP contribution is 2.42. The Morgan fingerprint density at radius 2 is 1.84 bits per heavy atom. The number of amides is 1. The third kappa shape index (κ3) is 2.87. The molecular formula is C19H14F2N2OS. The van der Waals surface area contributed by atoms with Gasteiger partial charge in [0.05, 0.1) is 17.8 Å². The number of aromatic nitrogens is 1. The van der Waals surface area contributed by atoms with E-state index in [1.54, 1.807) is 6.20 Å². The topological polar surface area (TPSA) is 33.2 Å². The van der Waals surface area contributed by atoms with E-state index in [0.717, 1.165) is 16.5 Å². The van der Waals surface area contributed by atoms with E-state index < -0.39 is 11.6 Å². The van der Waals surface area contributed by atoms with Gasteiger partial charge in [-0.05, 0) is 29.8 Å². The van der Waals surface area contributed by atoms with Crippen LogP contribution < -0.4 is 0 Å². The van der Waals surface area contributed by atoms with Crippen molar-refractivity contribution in [2.75, 3.05) is 5.75 Å². The summed E-state index contributed by atoms with van der Waals surface area (Å²) in [6, 6.07) is 13.3. The fourth-order valence-electron chi connectivity index (χ4n) is 3.07. The van der Waals surface area contributed by atoms with Crippen LogP contribution in [0.4, 0.5) is 8.78 Å². The van der Waals surface area contributed by atoms with Crippen molar-refractivity contribution >= 4 is 28.6 Å². The highest BCUT2D eigenvalue weighted by molar-refractivity contribution is 8.00. The molecule has 0 aliphatic carbocycles. The van der Waals surface area contributed by atoms with Crippen LogP contribution in [0, 0.1) is 11.6 Å². The summed E-state index contributed by atoms with van der Waals surface area (Å²) < 4.78 is 28.0. The summed E-state index contributed by atoms with van der Waals surface area (Å²) in [5, 5.41) is 0.649. The van der Waals surface area contributed by atoms with Crippen LogP contribution in [-0.4, -0.2) is 21.5 Å². The minimum atomic E-state index is -0.636. The predicted molar refractivity (Wildman–Crippen MR) is 93.9 cm³/mol. The molecule has 0 saturated carbocycles. The molecule has 1 fully saturated rings. The van der Waals surface area contributed by atoms with E-state index in [-0.39, 0.29) is 29.1 Å². The SMILES string of the molecule is O=C1CSC(c2ccnc3ccccc23)N1Cc1c(F)cccc1F. The predicted octanol–water partition coefficient (Wildman–Crippen LogP) is 4.29. The van der Waals surface area contributed by atoms with Crippen LogP contribution >= 0.6 is 11.8 Å². The molecule has 1 amide bonds. The molecule has 2 heterocycles. The number of benzene rings is 2. The zero-order valence-electron chi connectivity index (χ0n) is 13.2. The fraction of sp³-hybridized carbons (Fsp3) is 0.158. The van der Waals surface area contributed by atoms with Gasteiger partial charge in [0.15, 0.2) is 0 Å². The van der Waals surface area contributed by atoms with E-state index in [1.165, 1.54) is 34.9 Å². The molecule has 1 aromatic heterocycles. The maximum Gasteiger partial charge on any atom is 0.234 e. The van der Waals surface area contributed by atoms with Gasteiger partial charge in [0.2, 0.25) is 5.91 Å². The lowest BCUT2D eigenvalue weighted by molar-refractivity contribution is -0.128. The van der Waals surface area contributed by atoms with Gasteiger partial charge < -0.3 is 4.90 Å². The molecule has 0 N–H and O–H groups in total. The van der Waals surface area contributed by atoms with Crippen LogP contribution in [0.25, 0.3) is 10.9 Å². The number of thioether (sulfide) groups is 1. The highest BCUT2D eigenvalue weighted by Gasteiger charge is 2.34. The Balaban J connectivity index is 1.75. The minimum Gasteiger partial charge on any atom is -0.321 e. The van der Waals surface area contributed by atoms with Gasteiger partial charge in [0, 0.05) is 17.1 Å². The molecule has 0 bridgehead atoms. The summed E-state index contributed by atoms with van der Waals surface area (Å²) in [5.41, 5.74) is 1.68. The summed E-state index contributed by atoms with van der Waals surface area (Å²) in [6.45, 7) is -0.0916. The first-order valence-corrected chi connectivity index (χ1v) is 8.87. The highest BCUT2D eigenvalue weighted by atomic mass is 32.2. The second-order valence-corrected chi connectivity index (χ2v) is 6.87. The normalized spacial score (nSPS) is 17.4. The lowest BCUT2D eigenvalue weighted by atomic mass is 10.1. The van der Waals surface area contributed by atoms with Crippen LogP contribution in [0.5, 0.6) is 0 Å². The Kier molecular flexibility index (Phi) is 4.13. The molecular weight excluding hydrogens is 342 g/mol. The number of hydrogen-bond donors (Lipinski definition) is 0. The molecule has 1 unspecified atom stereocenters. The Labute approximate surface area is 147 Å². The van der Waals surface area contributed by atoms with Crippen LogP contribution in [0.2, 0.25) is 0 Å². The lowest BCUT2D eigenvalue weighted by Crippen LogP contribution is -2.28. The molecule has 126 valence electrons. The number of hydrogen-bond acceptors (Lipinski definition) is 3. The number of carbonyl (C=O) groups is 1. The first-order valence-electron chi connectivity index (χ1n) is 7.83. The second-order valence-electron chi connectivity index (χ2n) is 5.80. The van der Waals surface area contributed by atoms with Gasteiger partial charge >= 0.3 is 0 Å². The maximum absolute atomic E-state index is 14.0. The largest absolute Gasteiger partial charge is 0.321 e. The van der Waals surface area contributed by atoms with Gasteiger partial charge in [0.25, 0.3) is 0 Å². The molecule has 0 spiro atoms. The van der Waals surface area contributed by atoms with E-state index >= 15 is 0 Å². The van der Waals surface area contributed by atoms with Crippen molar-refractivity contribution in [3.63, 3.8) is 0 Å². The summed E-state index contributed by atoms with van der Waals surface area (Å²) in [5.74, 6) is -1.11. The number of pyridine rings is 1. The van der Waals surface area contributed by atoms with Crippen LogP contribution in [-0.2, 0) is 11.3 Å². The molecule has 1 saturated heterocycles. The van der Waals surface area contributed by atoms with E-state index in [9.17, 15) is 13.6 Å². The number of carbonyl (C=O) groups excluding carboxylic acids is 1. The Hall–Kier alpha value is -2.47. The lowest BCUT2D eigenvalue weighted by Gasteiger charge is -2.25. The number of nitrogens with zero attached hydrogens (tertiary/aromatic N) is 2. The third-order valence-corrected chi connectivity index (χ3v) is 5.54. The number of rotatable bonds is 3. The smallest absolute Gasteiger partial charge is 0.234 e. The van der Waals surface area contributed by atoms with Gasteiger partial charge in [-0.25, -0.2) is 8.78 Å². The Morgan fingerprint density at radius 1 is 1.08 bits per heavy atom. The van der Waals surface area contributed by atoms with Crippen molar-refractivity contribution in [3.05, 3.63) is 77.5 Å². The van der Waals surface area contributed by atoms with Crippen LogP contribution in [0.3, 0.4) is 0 Å². The molecule has 25 heavy (non-hydrogen) atoms. The molecule has 1 aliphatic heterocycles. The molecule has 3 nitrogen and oxygen atoms in total. The molecule has 4 rings (SSSR count). The van der Waals surface area contributed by atoms with Crippen molar-refractivity contribution in [2.24, 2.45) is 0 Å². The van der Waals surface area contributed by atoms with Crippen molar-refractivity contribution in [1.29, 1.82) is 0 Å². The minimum absolute atomic E-state index is 0.0817. The van der Waals surface area contributed by atoms with Gasteiger partial charge in [0.1, 0.15) is 17.0 Å². The van der Waals surface area contributed by atoms with Gasteiger partial charge in [-0.1, -0.05) is 24.3 Å². The zero-order valence-corrected chi connectivity index (χ0v) is 14.0. The second kappa shape index (κ2) is 6.44. The first-order chi connectivity index (χ1) is 12.1. The van der Waals surface area contributed by atoms with E-state index in [2.05, 4.69) is 4.98 Å². The van der Waals surface area contributed by atoms with E-state index in [0.29, 0.717) is 0 Å². The maximum atomic E-state index is 14.0. The average molecular weight is 356 g/mol. The summed E-state index contributed by atoms with van der Waals surface area (Å²) in [4.78, 5) is 18.2. The van der Waals surface area contributed by atoms with E-state index in [4.69, 9.17) is 0 Å². The average Bonchev–Trinajstić information content (AvgIpc) is 2.98. The van der Waals surface area contributed by atoms with Crippen molar-refractivity contribution in [1.82, 2.24) is 9.88 Å². The van der Waals surface area contributed by atoms with Crippen molar-refractivity contribution in [2.45, 2.75) is 11.9 Å². The molecule has 0 radical (unpaired) electrons. The van der Waals surface area contributed by atoms with Gasteiger partial charge in [-0.3, -0.25) is 9.78 Å². The van der Waals surface area contributed by atoms with E-state index in [1.807, 2.05) is 30.3 Å². The zero-order chi connectivity index (χ0) is 17.4. The first kappa shape index (κ1) is 16.0. The summed E-state index contributed by atoms with van der Waals surface area (Å²) >= 11 is 1.46. The number of halogens is 2. The fourth-order valence-corrected chi connectivity index (χ4v) is 4.29. The third-order valence-electron chi connectivity index (χ3n) is 4.31. The van der Waals surface area contributed by atoms with Gasteiger partial charge in [-0.15, -0.1) is 11.8 Å². The molecule has 2 aromatic carbocycles. The quantitative estimate of drug-likeness (QED) is 0.702. The Morgan fingerprint density at radius 3 is 2.64 bits per heavy atom. The monoisotopic (exact) mass is 356 g/mol. The van der Waals surface area contributed by atoms with Crippen molar-refractivity contribution in [3.8, 4) is 0 Å². The number of para-hydroxylation sites is 1. The molecule has 1 aliphatic rings. The Bertz CT molecular complexity index is 938.